The van der Waals surface area contributed by atoms with Gasteiger partial charge in [-0.3, -0.25) is 0 Å². The highest BCUT2D eigenvalue weighted by Crippen LogP contribution is 2.21. The minimum Gasteiger partial charge on any atom is -0.214 e. The molecule has 0 aromatic heterocycles. The van der Waals surface area contributed by atoms with Crippen LogP contribution in [0.5, 0.6) is 0 Å². The molecule has 0 heterocycles. The Morgan fingerprint density at radius 3 is 2.21 bits per heavy atom. The van der Waals surface area contributed by atoms with Crippen LogP contribution >= 0.6 is 11.6 Å². The van der Waals surface area contributed by atoms with Gasteiger partial charge in [0.1, 0.15) is 5.21 Å². The fourth-order valence-corrected chi connectivity index (χ4v) is 1.48. The molecule has 0 saturated carbocycles. The van der Waals surface area contributed by atoms with Crippen molar-refractivity contribution in [2.24, 2.45) is 0 Å². The lowest BCUT2D eigenvalue weighted by Gasteiger charge is -2.06. The molecule has 0 aliphatic heterocycles. The minimum atomic E-state index is -4.18. The number of nitrogens with one attached hydrogen (secondary N) is 1. The molecule has 0 atom stereocenters. The molecule has 0 aromatic rings. The van der Waals surface area contributed by atoms with Crippen LogP contribution in [0, 0.1) is 0 Å². The van der Waals surface area contributed by atoms with Gasteiger partial charge in [0.15, 0.2) is 0 Å². The molecule has 0 aliphatic carbocycles. The average molecular weight is 254 g/mol. The molecule has 0 amide bonds. The smallest absolute Gasteiger partial charge is 0.214 e. The number of unbranched alkanes of at least 4 members (excludes halogenated alkanes) is 1. The molecule has 0 aliphatic rings. The summed E-state index contributed by atoms with van der Waals surface area (Å²) in [5.41, 5.74) is 0. The van der Waals surface area contributed by atoms with E-state index in [9.17, 15) is 21.6 Å². The van der Waals surface area contributed by atoms with Crippen molar-refractivity contribution in [3.05, 3.63) is 0 Å². The highest BCUT2D eigenvalue weighted by atomic mass is 35.5. The molecule has 0 fully saturated rings. The molecule has 1 N–H and O–H groups in total. The average Bonchev–Trinajstić information content (AvgIpc) is 2.01. The van der Waals surface area contributed by atoms with Crippen LogP contribution in [-0.2, 0) is 10.0 Å². The molecule has 14 heavy (non-hydrogen) atoms. The summed E-state index contributed by atoms with van der Waals surface area (Å²) in [7, 11) is -3.50. The van der Waals surface area contributed by atoms with E-state index >= 15 is 0 Å². The maximum Gasteiger partial charge on any atom is 0.389 e. The Labute approximate surface area is 85.7 Å². The first-order valence-corrected chi connectivity index (χ1v) is 6.05. The van der Waals surface area contributed by atoms with Crippen LogP contribution in [0.3, 0.4) is 0 Å². The number of sulfonamides is 1. The number of alkyl halides is 4. The molecular weight excluding hydrogens is 243 g/mol. The SMILES string of the molecule is O=S(=O)(CCl)NCCCCC(F)(F)F. The molecule has 0 saturated heterocycles. The molecule has 0 unspecified atom stereocenters. The van der Waals surface area contributed by atoms with E-state index in [1.807, 2.05) is 0 Å². The van der Waals surface area contributed by atoms with Gasteiger partial charge in [0.2, 0.25) is 10.0 Å². The highest BCUT2D eigenvalue weighted by molar-refractivity contribution is 7.90. The molecular formula is C6H11ClF3NO2S. The predicted molar refractivity (Wildman–Crippen MR) is 47.5 cm³/mol. The quantitative estimate of drug-likeness (QED) is 0.580. The normalized spacial score (nSPS) is 13.1. The van der Waals surface area contributed by atoms with E-state index in [1.165, 1.54) is 0 Å². The Morgan fingerprint density at radius 1 is 1.21 bits per heavy atom. The topological polar surface area (TPSA) is 46.2 Å². The van der Waals surface area contributed by atoms with Crippen molar-refractivity contribution in [2.45, 2.75) is 25.4 Å². The summed E-state index contributed by atoms with van der Waals surface area (Å²) < 4.78 is 58.3. The first kappa shape index (κ1) is 14.0. The van der Waals surface area contributed by atoms with Crippen molar-refractivity contribution in [3.8, 4) is 0 Å². The fraction of sp³-hybridized carbons (Fsp3) is 1.00. The Bertz CT molecular complexity index is 252. The summed E-state index contributed by atoms with van der Waals surface area (Å²) in [6, 6.07) is 0. The van der Waals surface area contributed by atoms with Crippen LogP contribution < -0.4 is 4.72 Å². The molecule has 0 radical (unpaired) electrons. The van der Waals surface area contributed by atoms with E-state index in [-0.39, 0.29) is 19.4 Å². The van der Waals surface area contributed by atoms with E-state index in [4.69, 9.17) is 11.6 Å². The Balaban J connectivity index is 3.49. The summed E-state index contributed by atoms with van der Waals surface area (Å²) in [6.45, 7) is -0.00880. The van der Waals surface area contributed by atoms with Crippen molar-refractivity contribution < 1.29 is 21.6 Å². The maximum atomic E-state index is 11.6. The van der Waals surface area contributed by atoms with E-state index in [0.717, 1.165) is 0 Å². The van der Waals surface area contributed by atoms with E-state index < -0.39 is 27.8 Å². The second-order valence-corrected chi connectivity index (χ2v) is 5.08. The van der Waals surface area contributed by atoms with Crippen LogP contribution in [0.15, 0.2) is 0 Å². The third-order valence-electron chi connectivity index (χ3n) is 1.35. The van der Waals surface area contributed by atoms with Crippen molar-refractivity contribution >= 4 is 21.6 Å². The summed E-state index contributed by atoms with van der Waals surface area (Å²) in [5, 5.41) is -0.577. The number of rotatable bonds is 6. The lowest BCUT2D eigenvalue weighted by molar-refractivity contribution is -0.135. The number of hydrogen-bond acceptors (Lipinski definition) is 2. The maximum absolute atomic E-state index is 11.6. The van der Waals surface area contributed by atoms with Crippen molar-refractivity contribution in [2.75, 3.05) is 11.8 Å². The lowest BCUT2D eigenvalue weighted by Crippen LogP contribution is -2.25. The second-order valence-electron chi connectivity index (χ2n) is 2.69. The third-order valence-corrected chi connectivity index (χ3v) is 3.15. The Kier molecular flexibility index (Phi) is 5.77. The minimum absolute atomic E-state index is 0.00880. The monoisotopic (exact) mass is 253 g/mol. The van der Waals surface area contributed by atoms with Gasteiger partial charge in [-0.25, -0.2) is 13.1 Å². The first-order chi connectivity index (χ1) is 6.27. The van der Waals surface area contributed by atoms with Crippen LogP contribution in [0.2, 0.25) is 0 Å². The van der Waals surface area contributed by atoms with Crippen LogP contribution in [0.4, 0.5) is 13.2 Å². The van der Waals surface area contributed by atoms with Gasteiger partial charge in [-0.15, -0.1) is 11.6 Å². The highest BCUT2D eigenvalue weighted by Gasteiger charge is 2.25. The fourth-order valence-electron chi connectivity index (χ4n) is 0.717. The summed E-state index contributed by atoms with van der Waals surface area (Å²) in [6.07, 6.45) is -5.01. The Hall–Kier alpha value is -0.0100. The van der Waals surface area contributed by atoms with E-state index in [1.54, 1.807) is 0 Å². The van der Waals surface area contributed by atoms with Crippen molar-refractivity contribution in [1.82, 2.24) is 4.72 Å². The molecule has 8 heteroatoms. The first-order valence-electron chi connectivity index (χ1n) is 3.87. The van der Waals surface area contributed by atoms with Gasteiger partial charge in [0.25, 0.3) is 0 Å². The van der Waals surface area contributed by atoms with Crippen molar-refractivity contribution in [1.29, 1.82) is 0 Å². The van der Waals surface area contributed by atoms with Gasteiger partial charge in [0.05, 0.1) is 0 Å². The number of hydrogen-bond donors (Lipinski definition) is 1. The largest absolute Gasteiger partial charge is 0.389 e. The standard InChI is InChI=1S/C6H11ClF3NO2S/c7-5-14(12,13)11-4-2-1-3-6(8,9)10/h11H,1-5H2. The molecule has 0 rings (SSSR count). The zero-order valence-electron chi connectivity index (χ0n) is 7.27. The summed E-state index contributed by atoms with van der Waals surface area (Å²) >= 11 is 5.05. The molecule has 86 valence electrons. The van der Waals surface area contributed by atoms with Crippen molar-refractivity contribution in [3.63, 3.8) is 0 Å². The van der Waals surface area contributed by atoms with Gasteiger partial charge in [-0.1, -0.05) is 0 Å². The summed E-state index contributed by atoms with van der Waals surface area (Å²) in [5.74, 6) is 0. The van der Waals surface area contributed by atoms with E-state index in [2.05, 4.69) is 4.72 Å². The van der Waals surface area contributed by atoms with Gasteiger partial charge in [0, 0.05) is 13.0 Å². The predicted octanol–water partition coefficient (Wildman–Crippen LogP) is 1.83. The molecule has 0 bridgehead atoms. The van der Waals surface area contributed by atoms with Gasteiger partial charge >= 0.3 is 6.18 Å². The summed E-state index contributed by atoms with van der Waals surface area (Å²) in [4.78, 5) is 0. The van der Waals surface area contributed by atoms with Crippen LogP contribution in [-0.4, -0.2) is 26.4 Å². The van der Waals surface area contributed by atoms with E-state index in [0.29, 0.717) is 0 Å². The molecule has 3 nitrogen and oxygen atoms in total. The Morgan fingerprint density at radius 2 is 1.79 bits per heavy atom. The molecule has 0 aromatic carbocycles. The second kappa shape index (κ2) is 5.77. The van der Waals surface area contributed by atoms with Gasteiger partial charge in [-0.2, -0.15) is 13.2 Å². The zero-order chi connectivity index (χ0) is 11.2. The third kappa shape index (κ3) is 8.58. The lowest BCUT2D eigenvalue weighted by atomic mass is 10.2. The van der Waals surface area contributed by atoms with Gasteiger partial charge < -0.3 is 0 Å². The van der Waals surface area contributed by atoms with Crippen LogP contribution in [0.25, 0.3) is 0 Å². The number of halogens is 4. The molecule has 0 spiro atoms. The van der Waals surface area contributed by atoms with Gasteiger partial charge in [-0.05, 0) is 12.8 Å². The zero-order valence-corrected chi connectivity index (χ0v) is 8.84. The van der Waals surface area contributed by atoms with Crippen LogP contribution in [0.1, 0.15) is 19.3 Å².